The van der Waals surface area contributed by atoms with E-state index >= 15 is 0 Å². The molecule has 118 valence electrons. The van der Waals surface area contributed by atoms with E-state index < -0.39 is 29.3 Å². The fraction of sp³-hybridized carbons (Fsp3) is 0.533. The highest BCUT2D eigenvalue weighted by Crippen LogP contribution is 2.24. The van der Waals surface area contributed by atoms with Crippen LogP contribution in [-0.2, 0) is 11.2 Å². The van der Waals surface area contributed by atoms with E-state index in [4.69, 9.17) is 10.8 Å². The first kappa shape index (κ1) is 17.5. The van der Waals surface area contributed by atoms with Crippen LogP contribution in [0.1, 0.15) is 31.7 Å². The zero-order chi connectivity index (χ0) is 16.0. The van der Waals surface area contributed by atoms with Crippen LogP contribution >= 0.6 is 0 Å². The van der Waals surface area contributed by atoms with Gasteiger partial charge in [0, 0.05) is 24.2 Å². The SMILES string of the molecule is CCC(CCc1c(F)cc(F)cc1F)CC(CN)C(=O)O. The van der Waals surface area contributed by atoms with Gasteiger partial charge in [0.15, 0.2) is 0 Å². The van der Waals surface area contributed by atoms with Gasteiger partial charge in [0.1, 0.15) is 17.5 Å². The second-order valence-corrected chi connectivity index (χ2v) is 5.17. The fourth-order valence-corrected chi connectivity index (χ4v) is 2.35. The van der Waals surface area contributed by atoms with Gasteiger partial charge in [0.2, 0.25) is 0 Å². The van der Waals surface area contributed by atoms with E-state index in [9.17, 15) is 18.0 Å². The number of benzene rings is 1. The van der Waals surface area contributed by atoms with E-state index in [0.29, 0.717) is 31.4 Å². The molecule has 0 amide bonds. The summed E-state index contributed by atoms with van der Waals surface area (Å²) in [5, 5.41) is 8.98. The Labute approximate surface area is 122 Å². The van der Waals surface area contributed by atoms with Gasteiger partial charge in [-0.25, -0.2) is 13.2 Å². The Balaban J connectivity index is 2.70. The minimum absolute atomic E-state index is 0.00139. The lowest BCUT2D eigenvalue weighted by Gasteiger charge is -2.19. The molecule has 3 nitrogen and oxygen atoms in total. The molecule has 0 saturated carbocycles. The normalized spacial score (nSPS) is 14.0. The molecule has 0 saturated heterocycles. The largest absolute Gasteiger partial charge is 0.481 e. The van der Waals surface area contributed by atoms with Crippen molar-refractivity contribution < 1.29 is 23.1 Å². The molecule has 0 aliphatic carbocycles. The molecule has 0 spiro atoms. The second-order valence-electron chi connectivity index (χ2n) is 5.17. The zero-order valence-electron chi connectivity index (χ0n) is 11.9. The molecule has 6 heteroatoms. The van der Waals surface area contributed by atoms with Crippen LogP contribution in [-0.4, -0.2) is 17.6 Å². The highest BCUT2D eigenvalue weighted by atomic mass is 19.1. The van der Waals surface area contributed by atoms with Crippen molar-refractivity contribution in [2.45, 2.75) is 32.6 Å². The summed E-state index contributed by atoms with van der Waals surface area (Å²) in [5.41, 5.74) is 5.25. The van der Waals surface area contributed by atoms with Crippen LogP contribution in [0.15, 0.2) is 12.1 Å². The minimum atomic E-state index is -0.963. The molecule has 0 fully saturated rings. The fourth-order valence-electron chi connectivity index (χ4n) is 2.35. The number of halogens is 3. The van der Waals surface area contributed by atoms with Crippen molar-refractivity contribution in [3.63, 3.8) is 0 Å². The minimum Gasteiger partial charge on any atom is -0.481 e. The standard InChI is InChI=1S/C15H20F3NO2/c1-2-9(5-10(8-19)15(20)21)3-4-12-13(17)6-11(16)7-14(12)18/h6-7,9-10H,2-5,8,19H2,1H3,(H,20,21). The summed E-state index contributed by atoms with van der Waals surface area (Å²) in [4.78, 5) is 11.0. The summed E-state index contributed by atoms with van der Waals surface area (Å²) >= 11 is 0. The van der Waals surface area contributed by atoms with Crippen LogP contribution in [0.2, 0.25) is 0 Å². The maximum absolute atomic E-state index is 13.5. The molecule has 0 heterocycles. The monoisotopic (exact) mass is 303 g/mol. The summed E-state index contributed by atoms with van der Waals surface area (Å²) < 4.78 is 39.9. The van der Waals surface area contributed by atoms with Gasteiger partial charge in [-0.3, -0.25) is 4.79 Å². The number of nitrogens with two attached hydrogens (primary N) is 1. The first-order chi connectivity index (χ1) is 9.88. The highest BCUT2D eigenvalue weighted by molar-refractivity contribution is 5.70. The summed E-state index contributed by atoms with van der Waals surface area (Å²) in [5.74, 6) is -4.38. The Morgan fingerprint density at radius 2 is 1.86 bits per heavy atom. The smallest absolute Gasteiger partial charge is 0.307 e. The summed E-state index contributed by atoms with van der Waals surface area (Å²) in [6, 6.07) is 1.30. The van der Waals surface area contributed by atoms with Crippen molar-refractivity contribution in [3.05, 3.63) is 35.1 Å². The number of carboxylic acids is 1. The molecule has 0 aliphatic rings. The summed E-state index contributed by atoms with van der Waals surface area (Å²) in [7, 11) is 0. The second kappa shape index (κ2) is 8.02. The lowest BCUT2D eigenvalue weighted by Crippen LogP contribution is -2.26. The quantitative estimate of drug-likeness (QED) is 0.775. The van der Waals surface area contributed by atoms with Gasteiger partial charge < -0.3 is 10.8 Å². The summed E-state index contributed by atoms with van der Waals surface area (Å²) in [6.07, 6.45) is 1.59. The van der Waals surface area contributed by atoms with Crippen molar-refractivity contribution >= 4 is 5.97 Å². The third-order valence-corrected chi connectivity index (χ3v) is 3.74. The molecule has 3 N–H and O–H groups in total. The average Bonchev–Trinajstić information content (AvgIpc) is 2.40. The summed E-state index contributed by atoms with van der Waals surface area (Å²) in [6.45, 7) is 1.92. The van der Waals surface area contributed by atoms with Gasteiger partial charge in [-0.15, -0.1) is 0 Å². The third kappa shape index (κ3) is 5.04. The van der Waals surface area contributed by atoms with Crippen LogP contribution in [0.5, 0.6) is 0 Å². The molecule has 2 atom stereocenters. The first-order valence-electron chi connectivity index (χ1n) is 6.95. The third-order valence-electron chi connectivity index (χ3n) is 3.74. The molecule has 1 aromatic carbocycles. The van der Waals surface area contributed by atoms with Crippen molar-refractivity contribution in [1.29, 1.82) is 0 Å². The van der Waals surface area contributed by atoms with Crippen molar-refractivity contribution in [2.24, 2.45) is 17.6 Å². The first-order valence-corrected chi connectivity index (χ1v) is 6.95. The molecule has 21 heavy (non-hydrogen) atoms. The molecule has 0 aromatic heterocycles. The lowest BCUT2D eigenvalue weighted by molar-refractivity contribution is -0.142. The number of hydrogen-bond acceptors (Lipinski definition) is 2. The molecule has 2 unspecified atom stereocenters. The van der Waals surface area contributed by atoms with Crippen LogP contribution in [0.4, 0.5) is 13.2 Å². The molecule has 0 aliphatic heterocycles. The Morgan fingerprint density at radius 1 is 1.29 bits per heavy atom. The number of rotatable bonds is 8. The molecule has 1 rings (SSSR count). The van der Waals surface area contributed by atoms with E-state index in [2.05, 4.69) is 0 Å². The van der Waals surface area contributed by atoms with Gasteiger partial charge in [-0.1, -0.05) is 13.3 Å². The number of hydrogen-bond donors (Lipinski definition) is 2. The van der Waals surface area contributed by atoms with E-state index in [0.717, 1.165) is 0 Å². The van der Waals surface area contributed by atoms with Gasteiger partial charge in [0.25, 0.3) is 0 Å². The van der Waals surface area contributed by atoms with E-state index in [1.54, 1.807) is 0 Å². The van der Waals surface area contributed by atoms with Gasteiger partial charge in [-0.2, -0.15) is 0 Å². The predicted octanol–water partition coefficient (Wildman–Crippen LogP) is 3.11. The van der Waals surface area contributed by atoms with Gasteiger partial charge in [0.05, 0.1) is 5.92 Å². The van der Waals surface area contributed by atoms with Crippen molar-refractivity contribution in [2.75, 3.05) is 6.54 Å². The number of carboxylic acid groups (broad SMARTS) is 1. The molecular weight excluding hydrogens is 283 g/mol. The Hall–Kier alpha value is -1.56. The maximum Gasteiger partial charge on any atom is 0.307 e. The van der Waals surface area contributed by atoms with Crippen LogP contribution < -0.4 is 5.73 Å². The van der Waals surface area contributed by atoms with E-state index in [1.165, 1.54) is 0 Å². The van der Waals surface area contributed by atoms with E-state index in [-0.39, 0.29) is 24.4 Å². The molecule has 1 aromatic rings. The molecule has 0 radical (unpaired) electrons. The lowest BCUT2D eigenvalue weighted by atomic mass is 9.88. The number of aliphatic carboxylic acids is 1. The highest BCUT2D eigenvalue weighted by Gasteiger charge is 2.21. The Kier molecular flexibility index (Phi) is 6.68. The van der Waals surface area contributed by atoms with Crippen molar-refractivity contribution in [1.82, 2.24) is 0 Å². The topological polar surface area (TPSA) is 63.3 Å². The van der Waals surface area contributed by atoms with Crippen LogP contribution in [0.25, 0.3) is 0 Å². The van der Waals surface area contributed by atoms with E-state index in [1.807, 2.05) is 6.92 Å². The van der Waals surface area contributed by atoms with Gasteiger partial charge in [-0.05, 0) is 25.2 Å². The average molecular weight is 303 g/mol. The van der Waals surface area contributed by atoms with Gasteiger partial charge >= 0.3 is 5.97 Å². The predicted molar refractivity (Wildman–Crippen MR) is 73.2 cm³/mol. The molecule has 0 bridgehead atoms. The van der Waals surface area contributed by atoms with Crippen LogP contribution in [0.3, 0.4) is 0 Å². The van der Waals surface area contributed by atoms with Crippen molar-refractivity contribution in [3.8, 4) is 0 Å². The number of carbonyl (C=O) groups is 1. The Bertz CT molecular complexity index is 471. The maximum atomic E-state index is 13.5. The zero-order valence-corrected chi connectivity index (χ0v) is 11.9. The molecular formula is C15H20F3NO2. The van der Waals surface area contributed by atoms with Crippen LogP contribution in [0, 0.1) is 29.3 Å². The Morgan fingerprint density at radius 3 is 2.29 bits per heavy atom.